The van der Waals surface area contributed by atoms with Gasteiger partial charge in [0, 0.05) is 6.08 Å². The van der Waals surface area contributed by atoms with Crippen molar-refractivity contribution in [3.05, 3.63) is 29.8 Å². The first-order chi connectivity index (χ1) is 10.8. The van der Waals surface area contributed by atoms with E-state index in [4.69, 9.17) is 47.8 Å². The van der Waals surface area contributed by atoms with Gasteiger partial charge in [0.15, 0.2) is 11.5 Å². The Morgan fingerprint density at radius 1 is 1.22 bits per heavy atom. The Morgan fingerprint density at radius 2 is 1.96 bits per heavy atom. The minimum atomic E-state index is -2.56. The lowest BCUT2D eigenvalue weighted by atomic mass is 10.2. The van der Waals surface area contributed by atoms with Gasteiger partial charge in [-0.25, -0.2) is 4.79 Å². The van der Waals surface area contributed by atoms with Gasteiger partial charge in [0.25, 0.3) is 0 Å². The van der Waals surface area contributed by atoms with E-state index in [9.17, 15) is 4.79 Å². The summed E-state index contributed by atoms with van der Waals surface area (Å²) in [4.78, 5) is 10.6. The average Bonchev–Trinajstić information content (AvgIpc) is 2.45. The Hall–Kier alpha value is -0.883. The Labute approximate surface area is 151 Å². The standard InChI is InChI=1S/C15H19Cl3O4Si/c1-2-21-14-11-12(6-8-15(19)20)5-7-13(14)22-9-3-4-10-23(16,17)18/h5-8,11H,2-4,9-10H2,1H3,(H,19,20). The van der Waals surface area contributed by atoms with E-state index >= 15 is 0 Å². The fourth-order valence-electron chi connectivity index (χ4n) is 1.79. The molecule has 23 heavy (non-hydrogen) atoms. The van der Waals surface area contributed by atoms with Crippen molar-refractivity contribution in [2.75, 3.05) is 13.2 Å². The number of hydrogen-bond acceptors (Lipinski definition) is 3. The van der Waals surface area contributed by atoms with Gasteiger partial charge in [0.2, 0.25) is 0 Å². The van der Waals surface area contributed by atoms with Crippen molar-refractivity contribution in [2.24, 2.45) is 0 Å². The number of benzene rings is 1. The summed E-state index contributed by atoms with van der Waals surface area (Å²) >= 11 is 17.5. The number of rotatable bonds is 10. The predicted molar refractivity (Wildman–Crippen MR) is 97.1 cm³/mol. The van der Waals surface area contributed by atoms with E-state index in [2.05, 4.69) is 0 Å². The molecule has 0 unspecified atom stereocenters. The van der Waals surface area contributed by atoms with Crippen LogP contribution in [-0.4, -0.2) is 30.3 Å². The molecule has 0 radical (unpaired) electrons. The summed E-state index contributed by atoms with van der Waals surface area (Å²) in [5, 5.41) is 8.66. The third-order valence-corrected chi connectivity index (χ3v) is 5.42. The molecule has 0 aromatic heterocycles. The molecule has 0 heterocycles. The molecule has 0 amide bonds. The summed E-state index contributed by atoms with van der Waals surface area (Å²) in [6.07, 6.45) is 4.16. The number of hydrogen-bond donors (Lipinski definition) is 1. The molecule has 0 aliphatic rings. The molecule has 8 heteroatoms. The van der Waals surface area contributed by atoms with E-state index in [-0.39, 0.29) is 0 Å². The van der Waals surface area contributed by atoms with Crippen LogP contribution in [0.25, 0.3) is 6.08 Å². The maximum atomic E-state index is 10.6. The van der Waals surface area contributed by atoms with Gasteiger partial charge in [-0.3, -0.25) is 0 Å². The zero-order chi connectivity index (χ0) is 17.3. The van der Waals surface area contributed by atoms with Gasteiger partial charge in [-0.1, -0.05) is 6.07 Å². The van der Waals surface area contributed by atoms with E-state index in [0.29, 0.717) is 30.8 Å². The number of carbonyl (C=O) groups is 1. The van der Waals surface area contributed by atoms with Crippen molar-refractivity contribution >= 4 is 51.3 Å². The topological polar surface area (TPSA) is 55.8 Å². The van der Waals surface area contributed by atoms with Crippen LogP contribution in [0.2, 0.25) is 6.04 Å². The third-order valence-electron chi connectivity index (χ3n) is 2.80. The quantitative estimate of drug-likeness (QED) is 0.261. The summed E-state index contributed by atoms with van der Waals surface area (Å²) in [5.41, 5.74) is 0.727. The van der Waals surface area contributed by atoms with Crippen LogP contribution < -0.4 is 9.47 Å². The molecule has 1 N–H and O–H groups in total. The normalized spacial score (nSPS) is 11.7. The number of carboxylic acids is 1. The van der Waals surface area contributed by atoms with E-state index in [1.165, 1.54) is 6.08 Å². The summed E-state index contributed by atoms with van der Waals surface area (Å²) in [6.45, 7) is 2.86. The largest absolute Gasteiger partial charge is 0.490 e. The first-order valence-electron chi connectivity index (χ1n) is 7.19. The number of halogens is 3. The highest BCUT2D eigenvalue weighted by Gasteiger charge is 2.23. The maximum absolute atomic E-state index is 10.6. The molecular weight excluding hydrogens is 379 g/mol. The number of ether oxygens (including phenoxy) is 2. The molecule has 0 aliphatic heterocycles. The summed E-state index contributed by atoms with van der Waals surface area (Å²) in [5.74, 6) is 0.196. The molecule has 128 valence electrons. The van der Waals surface area contributed by atoms with Crippen LogP contribution in [0.1, 0.15) is 25.3 Å². The van der Waals surface area contributed by atoms with Gasteiger partial charge in [-0.2, -0.15) is 0 Å². The van der Waals surface area contributed by atoms with E-state index in [1.807, 2.05) is 6.92 Å². The number of carboxylic acid groups (broad SMARTS) is 1. The molecule has 1 aromatic rings. The van der Waals surface area contributed by atoms with Crippen LogP contribution in [0.15, 0.2) is 24.3 Å². The zero-order valence-corrected chi connectivity index (χ0v) is 16.0. The van der Waals surface area contributed by atoms with Crippen LogP contribution >= 0.6 is 33.2 Å². The average molecular weight is 398 g/mol. The molecule has 0 saturated carbocycles. The van der Waals surface area contributed by atoms with Crippen molar-refractivity contribution in [2.45, 2.75) is 25.8 Å². The minimum Gasteiger partial charge on any atom is -0.490 e. The predicted octanol–water partition coefficient (Wildman–Crippen LogP) is 5.00. The highest BCUT2D eigenvalue weighted by molar-refractivity contribution is 7.64. The molecule has 0 aliphatic carbocycles. The van der Waals surface area contributed by atoms with Gasteiger partial charge >= 0.3 is 12.0 Å². The van der Waals surface area contributed by atoms with Crippen molar-refractivity contribution in [1.29, 1.82) is 0 Å². The second-order valence-electron chi connectivity index (χ2n) is 4.73. The molecule has 0 bridgehead atoms. The van der Waals surface area contributed by atoms with Crippen LogP contribution in [0, 0.1) is 0 Å². The summed E-state index contributed by atoms with van der Waals surface area (Å²) in [6, 6.07) is 3.33. The van der Waals surface area contributed by atoms with Crippen molar-refractivity contribution < 1.29 is 19.4 Å². The summed E-state index contributed by atoms with van der Waals surface area (Å²) < 4.78 is 11.2. The van der Waals surface area contributed by atoms with Crippen LogP contribution in [0.5, 0.6) is 11.5 Å². The van der Waals surface area contributed by atoms with Crippen LogP contribution in [0.3, 0.4) is 0 Å². The highest BCUT2D eigenvalue weighted by Crippen LogP contribution is 2.30. The fourth-order valence-corrected chi connectivity index (χ4v) is 3.65. The van der Waals surface area contributed by atoms with Crippen molar-refractivity contribution in [1.82, 2.24) is 0 Å². The Kier molecular flexibility index (Phi) is 8.84. The molecule has 4 nitrogen and oxygen atoms in total. The fraction of sp³-hybridized carbons (Fsp3) is 0.400. The number of unbranched alkanes of at least 4 members (excludes halogenated alkanes) is 1. The minimum absolute atomic E-state index is 0.487. The maximum Gasteiger partial charge on any atom is 0.341 e. The molecule has 1 rings (SSSR count). The van der Waals surface area contributed by atoms with Crippen molar-refractivity contribution in [3.8, 4) is 11.5 Å². The SMILES string of the molecule is CCOc1cc(C=CC(=O)O)ccc1OCCCC[Si](Cl)(Cl)Cl. The molecule has 0 saturated heterocycles. The lowest BCUT2D eigenvalue weighted by molar-refractivity contribution is -0.131. The highest BCUT2D eigenvalue weighted by atomic mass is 35.8. The summed E-state index contributed by atoms with van der Waals surface area (Å²) in [7, 11) is 0. The lowest BCUT2D eigenvalue weighted by Gasteiger charge is -2.13. The lowest BCUT2D eigenvalue weighted by Crippen LogP contribution is -2.09. The van der Waals surface area contributed by atoms with E-state index < -0.39 is 12.0 Å². The molecule has 0 fully saturated rings. The number of aliphatic carboxylic acids is 1. The van der Waals surface area contributed by atoms with Crippen LogP contribution in [0.4, 0.5) is 0 Å². The zero-order valence-electron chi connectivity index (χ0n) is 12.7. The van der Waals surface area contributed by atoms with Crippen LogP contribution in [-0.2, 0) is 4.79 Å². The third kappa shape index (κ3) is 9.10. The Balaban J connectivity index is 2.61. The smallest absolute Gasteiger partial charge is 0.341 e. The molecule has 0 spiro atoms. The van der Waals surface area contributed by atoms with E-state index in [1.54, 1.807) is 18.2 Å². The van der Waals surface area contributed by atoms with Crippen molar-refractivity contribution in [3.63, 3.8) is 0 Å². The first kappa shape index (κ1) is 20.2. The van der Waals surface area contributed by atoms with Gasteiger partial charge in [-0.05, 0) is 49.6 Å². The van der Waals surface area contributed by atoms with Gasteiger partial charge in [-0.15, -0.1) is 33.2 Å². The monoisotopic (exact) mass is 396 g/mol. The van der Waals surface area contributed by atoms with Gasteiger partial charge < -0.3 is 14.6 Å². The second-order valence-corrected chi connectivity index (χ2v) is 14.0. The molecular formula is C15H19Cl3O4Si. The molecule has 1 aromatic carbocycles. The Bertz CT molecular complexity index is 544. The van der Waals surface area contributed by atoms with Gasteiger partial charge in [0.1, 0.15) is 0 Å². The first-order valence-corrected chi connectivity index (χ1v) is 12.4. The Morgan fingerprint density at radius 3 is 2.57 bits per heavy atom. The molecule has 0 atom stereocenters. The van der Waals surface area contributed by atoms with Gasteiger partial charge in [0.05, 0.1) is 13.2 Å². The van der Waals surface area contributed by atoms with E-state index in [0.717, 1.165) is 24.5 Å². The second kappa shape index (κ2) is 10.1.